The fraction of sp³-hybridized carbons (Fsp3) is 0.625. The lowest BCUT2D eigenvalue weighted by molar-refractivity contribution is -0.118. The summed E-state index contributed by atoms with van der Waals surface area (Å²) < 4.78 is 5.76. The zero-order chi connectivity index (χ0) is 19.3. The number of carbonyl (C=O) groups excluding carboxylic acids is 1. The Labute approximate surface area is 168 Å². The monoisotopic (exact) mass is 382 g/mol. The SMILES string of the molecule is NC(=O)CCC1CCC(CCN2CCC(c3coc4ccccc34)CC2)CC1. The predicted octanol–water partition coefficient (Wildman–Crippen LogP) is 5.07. The molecule has 2 N–H and O–H groups in total. The normalized spacial score (nSPS) is 24.6. The molecule has 1 saturated heterocycles. The van der Waals surface area contributed by atoms with Crippen LogP contribution in [0.15, 0.2) is 34.9 Å². The van der Waals surface area contributed by atoms with Gasteiger partial charge in [0.15, 0.2) is 0 Å². The van der Waals surface area contributed by atoms with Crippen LogP contribution in [-0.2, 0) is 4.79 Å². The van der Waals surface area contributed by atoms with Gasteiger partial charge in [0, 0.05) is 17.4 Å². The number of nitrogens with two attached hydrogens (primary N) is 1. The summed E-state index contributed by atoms with van der Waals surface area (Å²) >= 11 is 0. The van der Waals surface area contributed by atoms with Gasteiger partial charge in [-0.15, -0.1) is 0 Å². The lowest BCUT2D eigenvalue weighted by atomic mass is 9.78. The van der Waals surface area contributed by atoms with Gasteiger partial charge in [-0.2, -0.15) is 0 Å². The van der Waals surface area contributed by atoms with Gasteiger partial charge in [0.1, 0.15) is 5.58 Å². The zero-order valence-corrected chi connectivity index (χ0v) is 16.9. The van der Waals surface area contributed by atoms with Crippen LogP contribution in [0, 0.1) is 11.8 Å². The average molecular weight is 383 g/mol. The molecule has 1 saturated carbocycles. The van der Waals surface area contributed by atoms with E-state index in [-0.39, 0.29) is 5.91 Å². The van der Waals surface area contributed by atoms with E-state index in [0.717, 1.165) is 23.8 Å². The second kappa shape index (κ2) is 9.13. The maximum absolute atomic E-state index is 11.0. The van der Waals surface area contributed by atoms with Crippen LogP contribution in [0.3, 0.4) is 0 Å². The van der Waals surface area contributed by atoms with Crippen molar-refractivity contribution in [3.05, 3.63) is 36.1 Å². The standard InChI is InChI=1S/C24H34N2O2/c25-24(27)10-9-18-5-7-19(8-6-18)11-14-26-15-12-20(13-16-26)22-17-28-23-4-2-1-3-21(22)23/h1-4,17-20H,5-16H2,(H2,25,27). The molecule has 2 aromatic rings. The second-order valence-electron chi connectivity index (χ2n) is 8.98. The van der Waals surface area contributed by atoms with E-state index >= 15 is 0 Å². The highest BCUT2D eigenvalue weighted by atomic mass is 16.3. The Bertz CT molecular complexity index is 768. The molecule has 4 rings (SSSR count). The molecular weight excluding hydrogens is 348 g/mol. The lowest BCUT2D eigenvalue weighted by Gasteiger charge is -2.34. The minimum atomic E-state index is -0.144. The summed E-state index contributed by atoms with van der Waals surface area (Å²) in [5.41, 5.74) is 7.71. The Kier molecular flexibility index (Phi) is 6.36. The van der Waals surface area contributed by atoms with Crippen LogP contribution < -0.4 is 5.73 Å². The molecule has 1 aliphatic carbocycles. The largest absolute Gasteiger partial charge is 0.464 e. The molecule has 1 aliphatic heterocycles. The summed E-state index contributed by atoms with van der Waals surface area (Å²) in [5.74, 6) is 2.10. The highest BCUT2D eigenvalue weighted by Crippen LogP contribution is 2.36. The van der Waals surface area contributed by atoms with Crippen LogP contribution in [0.4, 0.5) is 0 Å². The van der Waals surface area contributed by atoms with Crippen LogP contribution in [-0.4, -0.2) is 30.4 Å². The summed E-state index contributed by atoms with van der Waals surface area (Å²) in [6.07, 6.45) is 12.6. The highest BCUT2D eigenvalue weighted by molar-refractivity contribution is 5.81. The summed E-state index contributed by atoms with van der Waals surface area (Å²) in [5, 5.41) is 1.30. The molecule has 4 heteroatoms. The topological polar surface area (TPSA) is 59.5 Å². The molecule has 1 aromatic carbocycles. The number of fused-ring (bicyclic) bond motifs is 1. The van der Waals surface area contributed by atoms with Crippen LogP contribution in [0.1, 0.15) is 69.3 Å². The number of nitrogens with zero attached hydrogens (tertiary/aromatic N) is 1. The Hall–Kier alpha value is -1.81. The molecule has 1 aromatic heterocycles. The van der Waals surface area contributed by atoms with Gasteiger partial charge in [-0.3, -0.25) is 4.79 Å². The summed E-state index contributed by atoms with van der Waals surface area (Å²) in [6.45, 7) is 3.66. The number of likely N-dealkylation sites (tertiary alicyclic amines) is 1. The summed E-state index contributed by atoms with van der Waals surface area (Å²) in [7, 11) is 0. The van der Waals surface area contributed by atoms with Gasteiger partial charge >= 0.3 is 0 Å². The number of amides is 1. The van der Waals surface area contributed by atoms with Crippen molar-refractivity contribution in [3.8, 4) is 0 Å². The third kappa shape index (κ3) is 4.78. The molecule has 0 spiro atoms. The highest BCUT2D eigenvalue weighted by Gasteiger charge is 2.25. The van der Waals surface area contributed by atoms with E-state index < -0.39 is 0 Å². The molecule has 0 unspecified atom stereocenters. The quantitative estimate of drug-likeness (QED) is 0.727. The van der Waals surface area contributed by atoms with E-state index in [9.17, 15) is 4.79 Å². The van der Waals surface area contributed by atoms with Crippen LogP contribution in [0.2, 0.25) is 0 Å². The van der Waals surface area contributed by atoms with Crippen molar-refractivity contribution in [2.75, 3.05) is 19.6 Å². The van der Waals surface area contributed by atoms with Crippen LogP contribution in [0.25, 0.3) is 11.0 Å². The first-order valence-electron chi connectivity index (χ1n) is 11.2. The molecule has 4 nitrogen and oxygen atoms in total. The first-order valence-corrected chi connectivity index (χ1v) is 11.2. The van der Waals surface area contributed by atoms with E-state index in [2.05, 4.69) is 23.1 Å². The molecule has 2 heterocycles. The van der Waals surface area contributed by atoms with Crippen LogP contribution in [0.5, 0.6) is 0 Å². The number of piperidine rings is 1. The van der Waals surface area contributed by atoms with E-state index in [0.29, 0.717) is 12.3 Å². The van der Waals surface area contributed by atoms with Gasteiger partial charge in [-0.05, 0) is 69.1 Å². The van der Waals surface area contributed by atoms with Crippen molar-refractivity contribution < 1.29 is 9.21 Å². The number of benzene rings is 1. The molecule has 28 heavy (non-hydrogen) atoms. The number of hydrogen-bond acceptors (Lipinski definition) is 3. The number of primary amides is 1. The smallest absolute Gasteiger partial charge is 0.217 e. The number of carbonyl (C=O) groups is 1. The summed E-state index contributed by atoms with van der Waals surface area (Å²) in [4.78, 5) is 13.6. The predicted molar refractivity (Wildman–Crippen MR) is 113 cm³/mol. The van der Waals surface area contributed by atoms with E-state index in [1.54, 1.807) is 0 Å². The fourth-order valence-electron chi connectivity index (χ4n) is 5.30. The number of furan rings is 1. The first-order chi connectivity index (χ1) is 13.7. The van der Waals surface area contributed by atoms with Crippen molar-refractivity contribution in [2.24, 2.45) is 17.6 Å². The molecule has 0 atom stereocenters. The Morgan fingerprint density at radius 1 is 1.00 bits per heavy atom. The number of para-hydroxylation sites is 1. The Balaban J connectivity index is 1.18. The van der Waals surface area contributed by atoms with Crippen LogP contribution >= 0.6 is 0 Å². The molecule has 2 aliphatic rings. The number of hydrogen-bond donors (Lipinski definition) is 1. The van der Waals surface area contributed by atoms with Crippen molar-refractivity contribution in [2.45, 2.75) is 63.7 Å². The van der Waals surface area contributed by atoms with E-state index in [1.165, 1.54) is 75.5 Å². The minimum Gasteiger partial charge on any atom is -0.464 e. The molecule has 0 bridgehead atoms. The average Bonchev–Trinajstić information content (AvgIpc) is 3.16. The molecular formula is C24H34N2O2. The molecule has 2 fully saturated rings. The molecule has 152 valence electrons. The molecule has 0 radical (unpaired) electrons. The second-order valence-corrected chi connectivity index (χ2v) is 8.98. The fourth-order valence-corrected chi connectivity index (χ4v) is 5.30. The third-order valence-electron chi connectivity index (χ3n) is 7.16. The van der Waals surface area contributed by atoms with Crippen molar-refractivity contribution in [3.63, 3.8) is 0 Å². The Morgan fingerprint density at radius 3 is 2.39 bits per heavy atom. The van der Waals surface area contributed by atoms with Crippen molar-refractivity contribution >= 4 is 16.9 Å². The van der Waals surface area contributed by atoms with Gasteiger partial charge < -0.3 is 15.1 Å². The lowest BCUT2D eigenvalue weighted by Crippen LogP contribution is -2.34. The number of rotatable bonds is 7. The van der Waals surface area contributed by atoms with Gasteiger partial charge in [-0.1, -0.05) is 43.9 Å². The maximum atomic E-state index is 11.0. The first kappa shape index (κ1) is 19.5. The van der Waals surface area contributed by atoms with Crippen molar-refractivity contribution in [1.82, 2.24) is 4.90 Å². The van der Waals surface area contributed by atoms with E-state index in [4.69, 9.17) is 10.2 Å². The Morgan fingerprint density at radius 2 is 1.68 bits per heavy atom. The molecule has 1 amide bonds. The summed E-state index contributed by atoms with van der Waals surface area (Å²) in [6, 6.07) is 8.42. The van der Waals surface area contributed by atoms with E-state index in [1.807, 2.05) is 12.3 Å². The van der Waals surface area contributed by atoms with Crippen molar-refractivity contribution in [1.29, 1.82) is 0 Å². The zero-order valence-electron chi connectivity index (χ0n) is 16.9. The van der Waals surface area contributed by atoms with Gasteiger partial charge in [0.2, 0.25) is 5.91 Å². The van der Waals surface area contributed by atoms with Gasteiger partial charge in [-0.25, -0.2) is 0 Å². The van der Waals surface area contributed by atoms with Gasteiger partial charge in [0.05, 0.1) is 6.26 Å². The van der Waals surface area contributed by atoms with Gasteiger partial charge in [0.25, 0.3) is 0 Å². The maximum Gasteiger partial charge on any atom is 0.217 e. The third-order valence-corrected chi connectivity index (χ3v) is 7.16. The minimum absolute atomic E-state index is 0.144.